The van der Waals surface area contributed by atoms with Gasteiger partial charge >= 0.3 is 5.97 Å². The molecule has 0 aliphatic rings. The minimum atomic E-state index is -1.14. The predicted molar refractivity (Wildman–Crippen MR) is 72.0 cm³/mol. The van der Waals surface area contributed by atoms with Crippen LogP contribution >= 0.6 is 0 Å². The van der Waals surface area contributed by atoms with E-state index in [1.807, 2.05) is 0 Å². The van der Waals surface area contributed by atoms with Gasteiger partial charge in [-0.25, -0.2) is 9.78 Å². The summed E-state index contributed by atoms with van der Waals surface area (Å²) in [5, 5.41) is 20.9. The molecule has 0 atom stereocenters. The quantitative estimate of drug-likeness (QED) is 0.794. The summed E-state index contributed by atoms with van der Waals surface area (Å²) in [5.41, 5.74) is 1.21. The van der Waals surface area contributed by atoms with Crippen LogP contribution in [0.1, 0.15) is 26.4 Å². The van der Waals surface area contributed by atoms with Crippen LogP contribution in [0.3, 0.4) is 0 Å². The highest BCUT2D eigenvalue weighted by molar-refractivity contribution is 6.06. The summed E-state index contributed by atoms with van der Waals surface area (Å²) in [6, 6.07) is 7.42. The zero-order valence-corrected chi connectivity index (χ0v) is 10.6. The van der Waals surface area contributed by atoms with Crippen LogP contribution in [0.15, 0.2) is 36.5 Å². The molecule has 0 aliphatic heterocycles. The topological polar surface area (TPSA) is 99.5 Å². The highest BCUT2D eigenvalue weighted by Crippen LogP contribution is 2.19. The molecule has 1 aromatic heterocycles. The Balaban J connectivity index is 2.17. The molecule has 2 rings (SSSR count). The van der Waals surface area contributed by atoms with E-state index >= 15 is 0 Å². The number of phenols is 1. The largest absolute Gasteiger partial charge is 0.507 e. The fourth-order valence-corrected chi connectivity index (χ4v) is 1.63. The highest BCUT2D eigenvalue weighted by Gasteiger charge is 2.12. The third kappa shape index (κ3) is 2.92. The molecule has 102 valence electrons. The number of carbonyl (C=O) groups excluding carboxylic acids is 1. The van der Waals surface area contributed by atoms with Gasteiger partial charge in [0.2, 0.25) is 0 Å². The number of aryl methyl sites for hydroxylation is 1. The van der Waals surface area contributed by atoms with Crippen molar-refractivity contribution < 1.29 is 19.8 Å². The molecule has 0 aliphatic carbocycles. The third-order valence-corrected chi connectivity index (χ3v) is 2.64. The van der Waals surface area contributed by atoms with Gasteiger partial charge in [-0.3, -0.25) is 4.79 Å². The molecule has 0 saturated carbocycles. The second-order valence-electron chi connectivity index (χ2n) is 4.21. The Labute approximate surface area is 114 Å². The lowest BCUT2D eigenvalue weighted by molar-refractivity contribution is 0.0690. The molecule has 3 N–H and O–H groups in total. The van der Waals surface area contributed by atoms with Crippen molar-refractivity contribution in [2.45, 2.75) is 6.92 Å². The summed E-state index contributed by atoms with van der Waals surface area (Å²) in [4.78, 5) is 26.3. The van der Waals surface area contributed by atoms with E-state index in [0.29, 0.717) is 5.69 Å². The number of aromatic carboxylic acids is 1. The number of nitrogens with zero attached hydrogens (tertiary/aromatic N) is 1. The number of nitrogens with one attached hydrogen (secondary N) is 1. The Morgan fingerprint density at radius 2 is 1.95 bits per heavy atom. The number of aromatic nitrogens is 1. The summed E-state index contributed by atoms with van der Waals surface area (Å²) in [6.07, 6.45) is 1.24. The minimum absolute atomic E-state index is 0.110. The number of pyridine rings is 1. The predicted octanol–water partition coefficient (Wildman–Crippen LogP) is 2.05. The van der Waals surface area contributed by atoms with Crippen LogP contribution in [-0.4, -0.2) is 27.1 Å². The summed E-state index contributed by atoms with van der Waals surface area (Å²) in [5.74, 6) is -1.75. The number of aromatic hydroxyl groups is 1. The normalized spacial score (nSPS) is 10.1. The van der Waals surface area contributed by atoms with Crippen LogP contribution in [0, 0.1) is 6.92 Å². The average molecular weight is 272 g/mol. The number of amides is 1. The zero-order chi connectivity index (χ0) is 14.7. The van der Waals surface area contributed by atoms with Gasteiger partial charge in [-0.1, -0.05) is 6.07 Å². The molecule has 1 heterocycles. The first-order chi connectivity index (χ1) is 9.47. The average Bonchev–Trinajstić information content (AvgIpc) is 2.39. The maximum Gasteiger partial charge on any atom is 0.354 e. The molecule has 0 saturated heterocycles. The molecule has 6 nitrogen and oxygen atoms in total. The number of carboxylic acids is 1. The molecule has 6 heteroatoms. The van der Waals surface area contributed by atoms with Crippen molar-refractivity contribution in [1.82, 2.24) is 4.98 Å². The van der Waals surface area contributed by atoms with Crippen LogP contribution in [0.2, 0.25) is 0 Å². The summed E-state index contributed by atoms with van der Waals surface area (Å²) in [7, 11) is 0. The van der Waals surface area contributed by atoms with Gasteiger partial charge in [0.25, 0.3) is 5.91 Å². The lowest BCUT2D eigenvalue weighted by atomic mass is 10.1. The summed E-state index contributed by atoms with van der Waals surface area (Å²) < 4.78 is 0. The molecule has 0 radical (unpaired) electrons. The van der Waals surface area contributed by atoms with Crippen LogP contribution in [0.5, 0.6) is 5.75 Å². The molecule has 0 unspecified atom stereocenters. The van der Waals surface area contributed by atoms with Gasteiger partial charge in [0.15, 0.2) is 0 Å². The van der Waals surface area contributed by atoms with Crippen molar-refractivity contribution in [2.24, 2.45) is 0 Å². The van der Waals surface area contributed by atoms with E-state index in [1.165, 1.54) is 30.5 Å². The van der Waals surface area contributed by atoms with Crippen molar-refractivity contribution >= 4 is 17.6 Å². The fourth-order valence-electron chi connectivity index (χ4n) is 1.63. The Kier molecular flexibility index (Phi) is 3.65. The Morgan fingerprint density at radius 1 is 1.20 bits per heavy atom. The van der Waals surface area contributed by atoms with Gasteiger partial charge in [-0.05, 0) is 36.8 Å². The number of benzene rings is 1. The van der Waals surface area contributed by atoms with E-state index < -0.39 is 11.9 Å². The monoisotopic (exact) mass is 272 g/mol. The van der Waals surface area contributed by atoms with Crippen LogP contribution in [0.25, 0.3) is 0 Å². The number of carboxylic acid groups (broad SMARTS) is 1. The molecule has 1 aromatic carbocycles. The lowest BCUT2D eigenvalue weighted by Gasteiger charge is -2.07. The van der Waals surface area contributed by atoms with E-state index in [0.717, 1.165) is 5.56 Å². The number of anilines is 1. The zero-order valence-electron chi connectivity index (χ0n) is 10.6. The SMILES string of the molecule is Cc1ccc(C(=O)Nc2ccc(C(=O)O)nc2)c(O)c1. The number of phenolic OH excluding ortho intramolecular Hbond substituents is 1. The molecule has 2 aromatic rings. The molecular formula is C14H12N2O4. The third-order valence-electron chi connectivity index (χ3n) is 2.64. The van der Waals surface area contributed by atoms with Crippen molar-refractivity contribution in [3.8, 4) is 5.75 Å². The Morgan fingerprint density at radius 3 is 2.50 bits per heavy atom. The second kappa shape index (κ2) is 5.40. The van der Waals surface area contributed by atoms with E-state index in [4.69, 9.17) is 5.11 Å². The highest BCUT2D eigenvalue weighted by atomic mass is 16.4. The maximum absolute atomic E-state index is 11.9. The maximum atomic E-state index is 11.9. The first kappa shape index (κ1) is 13.5. The van der Waals surface area contributed by atoms with Crippen LogP contribution in [0.4, 0.5) is 5.69 Å². The van der Waals surface area contributed by atoms with E-state index in [9.17, 15) is 14.7 Å². The van der Waals surface area contributed by atoms with Gasteiger partial charge in [0.1, 0.15) is 11.4 Å². The van der Waals surface area contributed by atoms with Gasteiger partial charge in [0.05, 0.1) is 17.4 Å². The van der Waals surface area contributed by atoms with E-state index in [1.54, 1.807) is 13.0 Å². The number of rotatable bonds is 3. The van der Waals surface area contributed by atoms with Gasteiger partial charge < -0.3 is 15.5 Å². The minimum Gasteiger partial charge on any atom is -0.507 e. The van der Waals surface area contributed by atoms with Gasteiger partial charge in [0, 0.05) is 0 Å². The Hall–Kier alpha value is -2.89. The molecule has 0 fully saturated rings. The van der Waals surface area contributed by atoms with Crippen molar-refractivity contribution in [1.29, 1.82) is 0 Å². The number of carbonyl (C=O) groups is 2. The standard InChI is InChI=1S/C14H12N2O4/c1-8-2-4-10(12(17)6-8)13(18)16-9-3-5-11(14(19)20)15-7-9/h2-7,17H,1H3,(H,16,18)(H,19,20). The van der Waals surface area contributed by atoms with E-state index in [-0.39, 0.29) is 17.0 Å². The summed E-state index contributed by atoms with van der Waals surface area (Å²) in [6.45, 7) is 1.80. The van der Waals surface area contributed by atoms with Gasteiger partial charge in [-0.2, -0.15) is 0 Å². The number of hydrogen-bond acceptors (Lipinski definition) is 4. The van der Waals surface area contributed by atoms with Crippen LogP contribution in [-0.2, 0) is 0 Å². The molecule has 20 heavy (non-hydrogen) atoms. The molecule has 1 amide bonds. The first-order valence-electron chi connectivity index (χ1n) is 5.77. The van der Waals surface area contributed by atoms with Crippen LogP contribution < -0.4 is 5.32 Å². The van der Waals surface area contributed by atoms with Crippen molar-refractivity contribution in [2.75, 3.05) is 5.32 Å². The van der Waals surface area contributed by atoms with Crippen molar-refractivity contribution in [3.63, 3.8) is 0 Å². The first-order valence-corrected chi connectivity index (χ1v) is 5.77. The molecular weight excluding hydrogens is 260 g/mol. The lowest BCUT2D eigenvalue weighted by Crippen LogP contribution is -2.12. The summed E-state index contributed by atoms with van der Waals surface area (Å²) >= 11 is 0. The smallest absolute Gasteiger partial charge is 0.354 e. The molecule has 0 bridgehead atoms. The molecule has 0 spiro atoms. The van der Waals surface area contributed by atoms with Gasteiger partial charge in [-0.15, -0.1) is 0 Å². The van der Waals surface area contributed by atoms with E-state index in [2.05, 4.69) is 10.3 Å². The second-order valence-corrected chi connectivity index (χ2v) is 4.21. The fraction of sp³-hybridized carbons (Fsp3) is 0.0714. The number of hydrogen-bond donors (Lipinski definition) is 3. The Bertz CT molecular complexity index is 665. The van der Waals surface area contributed by atoms with Crippen molar-refractivity contribution in [3.05, 3.63) is 53.3 Å².